The van der Waals surface area contributed by atoms with Crippen LogP contribution >= 0.6 is 0 Å². The second kappa shape index (κ2) is 10.1. The van der Waals surface area contributed by atoms with Crippen molar-refractivity contribution in [3.8, 4) is 0 Å². The maximum absolute atomic E-state index is 12.2. The van der Waals surface area contributed by atoms with E-state index in [2.05, 4.69) is 20.7 Å². The molecule has 0 aliphatic rings. The van der Waals surface area contributed by atoms with Gasteiger partial charge in [0.2, 0.25) is 0 Å². The molecule has 2 N–H and O–H groups in total. The summed E-state index contributed by atoms with van der Waals surface area (Å²) in [7, 11) is 3.13. The van der Waals surface area contributed by atoms with E-state index in [9.17, 15) is 13.2 Å². The zero-order chi connectivity index (χ0) is 17.1. The van der Waals surface area contributed by atoms with E-state index in [-0.39, 0.29) is 0 Å². The summed E-state index contributed by atoms with van der Waals surface area (Å²) < 4.78 is 38.4. The second-order valence-electron chi connectivity index (χ2n) is 5.25. The van der Waals surface area contributed by atoms with E-state index in [0.717, 1.165) is 19.5 Å². The highest BCUT2D eigenvalue weighted by atomic mass is 19.4. The maximum atomic E-state index is 12.2. The van der Waals surface area contributed by atoms with Crippen molar-refractivity contribution < 1.29 is 13.2 Å². The molecule has 0 aliphatic heterocycles. The van der Waals surface area contributed by atoms with Crippen LogP contribution in [0.25, 0.3) is 0 Å². The predicted molar refractivity (Wildman–Crippen MR) is 84.4 cm³/mol. The number of aryl methyl sites for hydroxylation is 1. The first-order valence-electron chi connectivity index (χ1n) is 7.58. The van der Waals surface area contributed by atoms with Gasteiger partial charge in [-0.05, 0) is 32.5 Å². The van der Waals surface area contributed by atoms with Gasteiger partial charge in [0, 0.05) is 39.1 Å². The highest BCUT2D eigenvalue weighted by molar-refractivity contribution is 5.79. The molecule has 0 fully saturated rings. The van der Waals surface area contributed by atoms with E-state index in [1.54, 1.807) is 13.2 Å². The lowest BCUT2D eigenvalue weighted by Gasteiger charge is -2.18. The van der Waals surface area contributed by atoms with Crippen molar-refractivity contribution in [1.29, 1.82) is 0 Å². The Balaban J connectivity index is 2.07. The Morgan fingerprint density at radius 2 is 1.96 bits per heavy atom. The third-order valence-corrected chi connectivity index (χ3v) is 3.10. The average Bonchev–Trinajstić information content (AvgIpc) is 2.97. The summed E-state index contributed by atoms with van der Waals surface area (Å²) >= 11 is 0. The van der Waals surface area contributed by atoms with Gasteiger partial charge in [-0.2, -0.15) is 18.3 Å². The number of aromatic nitrogens is 2. The Hall–Kier alpha value is -1.77. The van der Waals surface area contributed by atoms with Crippen LogP contribution in [0.3, 0.4) is 0 Å². The molecule has 132 valence electrons. The molecule has 1 aromatic heterocycles. The molecule has 6 nitrogen and oxygen atoms in total. The van der Waals surface area contributed by atoms with Crippen LogP contribution in [0.4, 0.5) is 13.2 Å². The van der Waals surface area contributed by atoms with Gasteiger partial charge in [0.25, 0.3) is 0 Å². The van der Waals surface area contributed by atoms with Crippen LogP contribution in [0.5, 0.6) is 0 Å². The number of aliphatic imine (C=N–C) groups is 1. The molecular formula is C14H25F3N6. The normalized spacial score (nSPS) is 12.7. The van der Waals surface area contributed by atoms with Crippen LogP contribution in [0, 0.1) is 0 Å². The van der Waals surface area contributed by atoms with Gasteiger partial charge in [-0.1, -0.05) is 0 Å². The van der Waals surface area contributed by atoms with Crippen molar-refractivity contribution in [2.75, 3.05) is 40.3 Å². The monoisotopic (exact) mass is 334 g/mol. The van der Waals surface area contributed by atoms with Crippen molar-refractivity contribution >= 4 is 5.96 Å². The number of halogens is 3. The summed E-state index contributed by atoms with van der Waals surface area (Å²) in [5.74, 6) is 0.656. The second-order valence-corrected chi connectivity index (χ2v) is 5.25. The quantitative estimate of drug-likeness (QED) is 0.406. The van der Waals surface area contributed by atoms with Crippen LogP contribution in [0.1, 0.15) is 12.8 Å². The summed E-state index contributed by atoms with van der Waals surface area (Å²) in [5, 5.41) is 10.4. The molecule has 0 unspecified atom stereocenters. The first-order chi connectivity index (χ1) is 10.9. The van der Waals surface area contributed by atoms with Gasteiger partial charge < -0.3 is 10.6 Å². The summed E-state index contributed by atoms with van der Waals surface area (Å²) in [4.78, 5) is 5.34. The number of rotatable bonds is 9. The van der Waals surface area contributed by atoms with E-state index in [1.165, 1.54) is 11.9 Å². The zero-order valence-corrected chi connectivity index (χ0v) is 13.6. The molecule has 9 heteroatoms. The van der Waals surface area contributed by atoms with Crippen LogP contribution in [0.15, 0.2) is 23.5 Å². The summed E-state index contributed by atoms with van der Waals surface area (Å²) in [6, 6.07) is 1.88. The largest absolute Gasteiger partial charge is 0.401 e. The number of nitrogens with zero attached hydrogens (tertiary/aromatic N) is 4. The minimum Gasteiger partial charge on any atom is -0.356 e. The third-order valence-electron chi connectivity index (χ3n) is 3.10. The van der Waals surface area contributed by atoms with Gasteiger partial charge in [-0.15, -0.1) is 0 Å². The fourth-order valence-corrected chi connectivity index (χ4v) is 2.04. The molecule has 23 heavy (non-hydrogen) atoms. The van der Waals surface area contributed by atoms with Gasteiger partial charge in [-0.3, -0.25) is 14.6 Å². The van der Waals surface area contributed by atoms with Crippen LogP contribution < -0.4 is 10.6 Å². The Kier molecular flexibility index (Phi) is 8.46. The van der Waals surface area contributed by atoms with Crippen LogP contribution in [-0.4, -0.2) is 67.1 Å². The Bertz CT molecular complexity index is 444. The predicted octanol–water partition coefficient (Wildman–Crippen LogP) is 1.32. The summed E-state index contributed by atoms with van der Waals surface area (Å²) in [6.07, 6.45) is 1.01. The van der Waals surface area contributed by atoms with Crippen molar-refractivity contribution in [2.24, 2.45) is 4.99 Å². The molecule has 0 bridgehead atoms. The SMILES string of the molecule is CN=C(NCCCN(C)CC(F)(F)F)NCCCn1cccn1. The topological polar surface area (TPSA) is 57.5 Å². The van der Waals surface area contributed by atoms with Crippen molar-refractivity contribution in [2.45, 2.75) is 25.6 Å². The van der Waals surface area contributed by atoms with Crippen molar-refractivity contribution in [1.82, 2.24) is 25.3 Å². The zero-order valence-electron chi connectivity index (χ0n) is 13.6. The van der Waals surface area contributed by atoms with Gasteiger partial charge in [0.05, 0.1) is 6.54 Å². The molecule has 0 spiro atoms. The molecule has 1 aromatic rings. The van der Waals surface area contributed by atoms with Crippen LogP contribution in [0.2, 0.25) is 0 Å². The minimum absolute atomic E-state index is 0.378. The lowest BCUT2D eigenvalue weighted by molar-refractivity contribution is -0.143. The molecule has 1 rings (SSSR count). The number of nitrogens with one attached hydrogen (secondary N) is 2. The molecular weight excluding hydrogens is 309 g/mol. The average molecular weight is 334 g/mol. The molecule has 0 atom stereocenters. The number of hydrogen-bond acceptors (Lipinski definition) is 3. The molecule has 0 saturated heterocycles. The summed E-state index contributed by atoms with van der Waals surface area (Å²) in [5.41, 5.74) is 0. The Morgan fingerprint density at radius 1 is 1.26 bits per heavy atom. The molecule has 0 amide bonds. The smallest absolute Gasteiger partial charge is 0.356 e. The summed E-state index contributed by atoms with van der Waals surface area (Å²) in [6.45, 7) is 1.63. The van der Waals surface area contributed by atoms with E-state index in [4.69, 9.17) is 0 Å². The third kappa shape index (κ3) is 9.77. The van der Waals surface area contributed by atoms with Gasteiger partial charge in [-0.25, -0.2) is 0 Å². The van der Waals surface area contributed by atoms with E-state index >= 15 is 0 Å². The molecule has 0 aliphatic carbocycles. The van der Waals surface area contributed by atoms with Gasteiger partial charge in [0.1, 0.15) is 0 Å². The first-order valence-corrected chi connectivity index (χ1v) is 7.58. The van der Waals surface area contributed by atoms with E-state index < -0.39 is 12.7 Å². The Labute approximate surface area is 134 Å². The van der Waals surface area contributed by atoms with Gasteiger partial charge >= 0.3 is 6.18 Å². The minimum atomic E-state index is -4.14. The Morgan fingerprint density at radius 3 is 2.52 bits per heavy atom. The molecule has 0 radical (unpaired) electrons. The highest BCUT2D eigenvalue weighted by Crippen LogP contribution is 2.15. The van der Waals surface area contributed by atoms with Crippen LogP contribution in [-0.2, 0) is 6.54 Å². The van der Waals surface area contributed by atoms with Crippen molar-refractivity contribution in [3.63, 3.8) is 0 Å². The lowest BCUT2D eigenvalue weighted by Crippen LogP contribution is -2.39. The van der Waals surface area contributed by atoms with Gasteiger partial charge in [0.15, 0.2) is 5.96 Å². The fraction of sp³-hybridized carbons (Fsp3) is 0.714. The fourth-order valence-electron chi connectivity index (χ4n) is 2.04. The number of guanidine groups is 1. The molecule has 0 saturated carbocycles. The number of hydrogen-bond donors (Lipinski definition) is 2. The molecule has 0 aromatic carbocycles. The number of alkyl halides is 3. The standard InChI is InChI=1S/C14H25F3N6/c1-18-13(20-7-4-10-23-11-5-8-21-23)19-6-3-9-22(2)12-14(15,16)17/h5,8,11H,3-4,6-7,9-10,12H2,1-2H3,(H2,18,19,20). The maximum Gasteiger partial charge on any atom is 0.401 e. The van der Waals surface area contributed by atoms with Crippen molar-refractivity contribution in [3.05, 3.63) is 18.5 Å². The highest BCUT2D eigenvalue weighted by Gasteiger charge is 2.28. The first kappa shape index (κ1) is 19.3. The molecule has 1 heterocycles. The van der Waals surface area contributed by atoms with E-state index in [1.807, 2.05) is 16.9 Å². The van der Waals surface area contributed by atoms with E-state index in [0.29, 0.717) is 25.5 Å². The lowest BCUT2D eigenvalue weighted by atomic mass is 10.4.